The molecule has 3 aromatic rings. The number of nitrogens with one attached hydrogen (secondary N) is 1. The van der Waals surface area contributed by atoms with Gasteiger partial charge in [0, 0.05) is 17.1 Å². The normalized spacial score (nSPS) is 17.2. The molecule has 6 nitrogen and oxygen atoms in total. The van der Waals surface area contributed by atoms with Crippen molar-refractivity contribution < 1.29 is 14.3 Å². The molecule has 1 amide bonds. The van der Waals surface area contributed by atoms with Gasteiger partial charge in [0.25, 0.3) is 5.91 Å². The van der Waals surface area contributed by atoms with E-state index < -0.39 is 6.10 Å². The largest absolute Gasteiger partial charge is 0.485 e. The van der Waals surface area contributed by atoms with Crippen molar-refractivity contribution in [3.63, 3.8) is 0 Å². The van der Waals surface area contributed by atoms with Gasteiger partial charge >= 0.3 is 0 Å². The molecule has 7 heteroatoms. The Labute approximate surface area is 166 Å². The molecule has 0 fully saturated rings. The number of nitrogens with zero attached hydrogens (tertiary/aromatic N) is 2. The highest BCUT2D eigenvalue weighted by Crippen LogP contribution is 2.37. The summed E-state index contributed by atoms with van der Waals surface area (Å²) in [5, 5.41) is 7.83. The molecule has 2 aliphatic rings. The quantitative estimate of drug-likeness (QED) is 0.735. The summed E-state index contributed by atoms with van der Waals surface area (Å²) in [5.41, 5.74) is 4.16. The number of rotatable bonds is 3. The van der Waals surface area contributed by atoms with Crippen LogP contribution in [-0.2, 0) is 16.3 Å². The first-order valence-electron chi connectivity index (χ1n) is 9.14. The highest BCUT2D eigenvalue weighted by atomic mass is 32.2. The second-order valence-electron chi connectivity index (χ2n) is 6.82. The van der Waals surface area contributed by atoms with Gasteiger partial charge in [0.2, 0.25) is 6.10 Å². The second kappa shape index (κ2) is 6.91. The van der Waals surface area contributed by atoms with Gasteiger partial charge in [-0.05, 0) is 30.7 Å². The van der Waals surface area contributed by atoms with E-state index in [0.29, 0.717) is 11.5 Å². The molecule has 5 rings (SSSR count). The van der Waals surface area contributed by atoms with E-state index in [1.54, 1.807) is 17.8 Å². The lowest BCUT2D eigenvalue weighted by molar-refractivity contribution is -0.125. The van der Waals surface area contributed by atoms with Crippen molar-refractivity contribution in [2.24, 2.45) is 0 Å². The smallest absolute Gasteiger partial charge is 0.270 e. The molecule has 0 bridgehead atoms. The van der Waals surface area contributed by atoms with E-state index in [9.17, 15) is 4.79 Å². The lowest BCUT2D eigenvalue weighted by Gasteiger charge is -2.25. The number of anilines is 1. The number of fused-ring (bicyclic) bond motifs is 2. The molecule has 0 spiro atoms. The van der Waals surface area contributed by atoms with Gasteiger partial charge < -0.3 is 14.8 Å². The average Bonchev–Trinajstić information content (AvgIpc) is 3.30. The number of amides is 1. The van der Waals surface area contributed by atoms with Crippen molar-refractivity contribution in [1.29, 1.82) is 0 Å². The van der Waals surface area contributed by atoms with Crippen molar-refractivity contribution in [3.05, 3.63) is 65.4 Å². The minimum absolute atomic E-state index is 0.179. The first-order valence-corrected chi connectivity index (χ1v) is 10.3. The molecule has 0 aliphatic carbocycles. The predicted molar refractivity (Wildman–Crippen MR) is 108 cm³/mol. The lowest BCUT2D eigenvalue weighted by atomic mass is 10.2. The summed E-state index contributed by atoms with van der Waals surface area (Å²) >= 11 is 1.80. The first-order chi connectivity index (χ1) is 13.7. The van der Waals surface area contributed by atoms with Crippen molar-refractivity contribution in [2.75, 3.05) is 11.9 Å². The van der Waals surface area contributed by atoms with Crippen molar-refractivity contribution in [1.82, 2.24) is 9.78 Å². The monoisotopic (exact) mass is 393 g/mol. The summed E-state index contributed by atoms with van der Waals surface area (Å²) in [6.07, 6.45) is -0.708. The zero-order chi connectivity index (χ0) is 19.1. The highest BCUT2D eigenvalue weighted by molar-refractivity contribution is 7.98. The summed E-state index contributed by atoms with van der Waals surface area (Å²) in [6.45, 7) is 2.22. The van der Waals surface area contributed by atoms with Crippen LogP contribution in [0.25, 0.3) is 5.69 Å². The molecule has 1 atom stereocenters. The molecule has 2 aliphatic heterocycles. The standard InChI is InChI=1S/C21H19N3O3S/c1-13-6-2-3-7-16(13)24-20(14-11-28-12-15(14)23-24)22-21(25)19-10-26-17-8-4-5-9-18(17)27-19/h2-9,19H,10-12H2,1H3,(H,22,25). The molecule has 0 radical (unpaired) electrons. The Kier molecular flexibility index (Phi) is 4.24. The number of ether oxygens (including phenoxy) is 2. The van der Waals surface area contributed by atoms with Crippen LogP contribution in [0.3, 0.4) is 0 Å². The number of hydrogen-bond acceptors (Lipinski definition) is 5. The van der Waals surface area contributed by atoms with Gasteiger partial charge in [0.15, 0.2) is 11.5 Å². The zero-order valence-corrected chi connectivity index (χ0v) is 16.2. The van der Waals surface area contributed by atoms with E-state index in [0.717, 1.165) is 39.8 Å². The van der Waals surface area contributed by atoms with Gasteiger partial charge in [0.05, 0.1) is 11.4 Å². The zero-order valence-electron chi connectivity index (χ0n) is 15.3. The van der Waals surface area contributed by atoms with Crippen molar-refractivity contribution in [2.45, 2.75) is 24.5 Å². The molecular weight excluding hydrogens is 374 g/mol. The molecule has 1 N–H and O–H groups in total. The summed E-state index contributed by atoms with van der Waals surface area (Å²) in [6, 6.07) is 15.4. The fourth-order valence-corrected chi connectivity index (χ4v) is 4.50. The summed E-state index contributed by atoms with van der Waals surface area (Å²) in [5.74, 6) is 3.43. The molecule has 3 heterocycles. The minimum atomic E-state index is -0.708. The van der Waals surface area contributed by atoms with Crippen molar-refractivity contribution >= 4 is 23.5 Å². The number of benzene rings is 2. The maximum atomic E-state index is 13.0. The highest BCUT2D eigenvalue weighted by Gasteiger charge is 2.31. The topological polar surface area (TPSA) is 65.4 Å². The van der Waals surface area contributed by atoms with E-state index in [1.807, 2.05) is 54.1 Å². The third kappa shape index (κ3) is 2.92. The summed E-state index contributed by atoms with van der Waals surface area (Å²) in [7, 11) is 0. The van der Waals surface area contributed by atoms with Gasteiger partial charge in [0.1, 0.15) is 12.4 Å². The van der Waals surface area contributed by atoms with Crippen LogP contribution in [0.5, 0.6) is 11.5 Å². The van der Waals surface area contributed by atoms with Crippen LogP contribution in [0, 0.1) is 6.92 Å². The second-order valence-corrected chi connectivity index (χ2v) is 7.80. The SMILES string of the molecule is Cc1ccccc1-n1nc2c(c1NC(=O)C1COc3ccccc3O1)CSC2. The Morgan fingerprint density at radius 2 is 1.93 bits per heavy atom. The van der Waals surface area contributed by atoms with Gasteiger partial charge in [-0.15, -0.1) is 0 Å². The van der Waals surface area contributed by atoms with Crippen LogP contribution >= 0.6 is 11.8 Å². The van der Waals surface area contributed by atoms with Crippen molar-refractivity contribution in [3.8, 4) is 17.2 Å². The molecule has 2 aromatic carbocycles. The molecule has 28 heavy (non-hydrogen) atoms. The number of hydrogen-bond donors (Lipinski definition) is 1. The lowest BCUT2D eigenvalue weighted by Crippen LogP contribution is -2.40. The number of carbonyl (C=O) groups excluding carboxylic acids is 1. The Bertz CT molecular complexity index is 1060. The summed E-state index contributed by atoms with van der Waals surface area (Å²) < 4.78 is 13.4. The average molecular weight is 393 g/mol. The van der Waals surface area contributed by atoms with Crippen LogP contribution in [0.1, 0.15) is 16.8 Å². The number of thioether (sulfide) groups is 1. The van der Waals surface area contributed by atoms with Crippen LogP contribution in [0.2, 0.25) is 0 Å². The Hall–Kier alpha value is -2.93. The van der Waals surface area contributed by atoms with Crippen LogP contribution in [-0.4, -0.2) is 28.4 Å². The Morgan fingerprint density at radius 3 is 2.79 bits per heavy atom. The Balaban J connectivity index is 1.46. The molecule has 1 aromatic heterocycles. The van der Waals surface area contributed by atoms with Gasteiger partial charge in [-0.25, -0.2) is 4.68 Å². The van der Waals surface area contributed by atoms with E-state index in [-0.39, 0.29) is 12.5 Å². The first kappa shape index (κ1) is 17.2. The van der Waals surface area contributed by atoms with E-state index >= 15 is 0 Å². The predicted octanol–water partition coefficient (Wildman–Crippen LogP) is 3.71. The summed E-state index contributed by atoms with van der Waals surface area (Å²) in [4.78, 5) is 13.0. The number of carbonyl (C=O) groups is 1. The molecule has 0 saturated carbocycles. The maximum absolute atomic E-state index is 13.0. The maximum Gasteiger partial charge on any atom is 0.270 e. The van der Waals surface area contributed by atoms with Gasteiger partial charge in [-0.3, -0.25) is 4.79 Å². The number of para-hydroxylation sites is 3. The molecule has 142 valence electrons. The van der Waals surface area contributed by atoms with Gasteiger partial charge in [-0.2, -0.15) is 16.9 Å². The van der Waals surface area contributed by atoms with Crippen LogP contribution in [0.4, 0.5) is 5.82 Å². The number of aromatic nitrogens is 2. The third-order valence-corrected chi connectivity index (χ3v) is 5.91. The van der Waals surface area contributed by atoms with Crippen LogP contribution < -0.4 is 14.8 Å². The van der Waals surface area contributed by atoms with E-state index in [2.05, 4.69) is 5.32 Å². The molecular formula is C21H19N3O3S. The van der Waals surface area contributed by atoms with E-state index in [1.165, 1.54) is 0 Å². The fraction of sp³-hybridized carbons (Fsp3) is 0.238. The fourth-order valence-electron chi connectivity index (χ4n) is 3.46. The third-order valence-electron chi connectivity index (χ3n) is 4.94. The molecule has 0 saturated heterocycles. The minimum Gasteiger partial charge on any atom is -0.485 e. The molecule has 1 unspecified atom stereocenters. The van der Waals surface area contributed by atoms with E-state index in [4.69, 9.17) is 14.6 Å². The van der Waals surface area contributed by atoms with Gasteiger partial charge in [-0.1, -0.05) is 30.3 Å². The van der Waals surface area contributed by atoms with Crippen LogP contribution in [0.15, 0.2) is 48.5 Å². The Morgan fingerprint density at radius 1 is 1.14 bits per heavy atom. The number of aryl methyl sites for hydroxylation is 1.